The monoisotopic (exact) mass is 277 g/mol. The Morgan fingerprint density at radius 3 is 2.47 bits per heavy atom. The third-order valence-electron chi connectivity index (χ3n) is 5.25. The van der Waals surface area contributed by atoms with Crippen LogP contribution >= 0.6 is 11.3 Å². The minimum absolute atomic E-state index is 0.639. The predicted molar refractivity (Wildman–Crippen MR) is 83.5 cm³/mol. The fourth-order valence-corrected chi connectivity index (χ4v) is 4.68. The molecule has 0 aromatic carbocycles. The number of hydrogen-bond acceptors (Lipinski definition) is 2. The van der Waals surface area contributed by atoms with Gasteiger partial charge in [-0.25, -0.2) is 0 Å². The minimum atomic E-state index is 0.639. The van der Waals surface area contributed by atoms with Crippen molar-refractivity contribution < 1.29 is 0 Å². The first-order valence-electron chi connectivity index (χ1n) is 8.03. The van der Waals surface area contributed by atoms with Crippen LogP contribution in [0.4, 0.5) is 0 Å². The Balaban J connectivity index is 1.61. The number of hydrogen-bond donors (Lipinski definition) is 1. The molecule has 0 saturated heterocycles. The number of nitrogens with one attached hydrogen (secondary N) is 1. The molecular weight excluding hydrogens is 250 g/mol. The highest BCUT2D eigenvalue weighted by molar-refractivity contribution is 7.10. The van der Waals surface area contributed by atoms with E-state index in [4.69, 9.17) is 0 Å². The molecule has 0 aliphatic heterocycles. The van der Waals surface area contributed by atoms with Crippen molar-refractivity contribution in [3.63, 3.8) is 0 Å². The van der Waals surface area contributed by atoms with Gasteiger partial charge < -0.3 is 5.32 Å². The molecule has 1 atom stereocenters. The lowest BCUT2D eigenvalue weighted by Gasteiger charge is -2.41. The number of rotatable bonds is 5. The average Bonchev–Trinajstić information content (AvgIpc) is 2.99. The molecule has 0 bridgehead atoms. The van der Waals surface area contributed by atoms with Crippen LogP contribution in [0.15, 0.2) is 17.5 Å². The first-order chi connectivity index (χ1) is 9.24. The molecule has 3 rings (SSSR count). The second-order valence-corrected chi connectivity index (χ2v) is 7.86. The maximum Gasteiger partial charge on any atom is 0.0445 e. The Kier molecular flexibility index (Phi) is 4.28. The van der Waals surface area contributed by atoms with Crippen molar-refractivity contribution in [2.24, 2.45) is 17.8 Å². The van der Waals surface area contributed by atoms with Gasteiger partial charge in [-0.15, -0.1) is 11.3 Å². The molecule has 0 amide bonds. The average molecular weight is 277 g/mol. The maximum atomic E-state index is 3.99. The maximum absolute atomic E-state index is 3.99. The zero-order valence-electron chi connectivity index (χ0n) is 12.3. The summed E-state index contributed by atoms with van der Waals surface area (Å²) in [4.78, 5) is 1.57. The number of thiophene rings is 1. The SMILES string of the molecule is CC(C)C1CC(NC(c2cccs2)C2CCCC2)C1. The molecular formula is C17H27NS. The summed E-state index contributed by atoms with van der Waals surface area (Å²) in [5, 5.41) is 6.23. The van der Waals surface area contributed by atoms with Crippen molar-refractivity contribution in [1.29, 1.82) is 0 Å². The van der Waals surface area contributed by atoms with E-state index in [9.17, 15) is 0 Å². The van der Waals surface area contributed by atoms with Crippen LogP contribution in [-0.4, -0.2) is 6.04 Å². The standard InChI is InChI=1S/C17H27NS/c1-12(2)14-10-15(11-14)18-17(13-6-3-4-7-13)16-8-5-9-19-16/h5,8-9,12-15,17-18H,3-4,6-7,10-11H2,1-2H3. The second kappa shape index (κ2) is 5.97. The summed E-state index contributed by atoms with van der Waals surface area (Å²) in [6, 6.07) is 5.96. The van der Waals surface area contributed by atoms with Gasteiger partial charge in [-0.1, -0.05) is 32.8 Å². The van der Waals surface area contributed by atoms with Crippen LogP contribution in [-0.2, 0) is 0 Å². The van der Waals surface area contributed by atoms with Crippen LogP contribution in [0.5, 0.6) is 0 Å². The summed E-state index contributed by atoms with van der Waals surface area (Å²) >= 11 is 1.94. The topological polar surface area (TPSA) is 12.0 Å². The van der Waals surface area contributed by atoms with Crippen LogP contribution in [0.3, 0.4) is 0 Å². The Morgan fingerprint density at radius 1 is 1.16 bits per heavy atom. The van der Waals surface area contributed by atoms with E-state index < -0.39 is 0 Å². The van der Waals surface area contributed by atoms with Gasteiger partial charge in [0.2, 0.25) is 0 Å². The van der Waals surface area contributed by atoms with Crippen molar-refractivity contribution in [3.8, 4) is 0 Å². The molecule has 1 aromatic heterocycles. The van der Waals surface area contributed by atoms with E-state index in [0.717, 1.165) is 23.8 Å². The Morgan fingerprint density at radius 2 is 1.89 bits per heavy atom. The van der Waals surface area contributed by atoms with Gasteiger partial charge >= 0.3 is 0 Å². The molecule has 0 spiro atoms. The van der Waals surface area contributed by atoms with Gasteiger partial charge in [0, 0.05) is 17.0 Å². The van der Waals surface area contributed by atoms with Crippen molar-refractivity contribution in [2.75, 3.05) is 0 Å². The van der Waals surface area contributed by atoms with Gasteiger partial charge in [-0.2, -0.15) is 0 Å². The van der Waals surface area contributed by atoms with Gasteiger partial charge in [0.1, 0.15) is 0 Å². The summed E-state index contributed by atoms with van der Waals surface area (Å²) in [5.41, 5.74) is 0. The predicted octanol–water partition coefficient (Wildman–Crippen LogP) is 5.00. The lowest BCUT2D eigenvalue weighted by molar-refractivity contribution is 0.146. The van der Waals surface area contributed by atoms with E-state index >= 15 is 0 Å². The van der Waals surface area contributed by atoms with Gasteiger partial charge in [0.15, 0.2) is 0 Å². The van der Waals surface area contributed by atoms with Gasteiger partial charge in [-0.3, -0.25) is 0 Å². The largest absolute Gasteiger partial charge is 0.306 e. The molecule has 1 unspecified atom stereocenters. The molecule has 0 radical (unpaired) electrons. The smallest absolute Gasteiger partial charge is 0.0445 e. The van der Waals surface area contributed by atoms with Gasteiger partial charge in [-0.05, 0) is 54.9 Å². The van der Waals surface area contributed by atoms with Crippen LogP contribution < -0.4 is 5.32 Å². The van der Waals surface area contributed by atoms with Gasteiger partial charge in [0.05, 0.1) is 0 Å². The van der Waals surface area contributed by atoms with E-state index in [0.29, 0.717) is 6.04 Å². The van der Waals surface area contributed by atoms with E-state index in [1.54, 1.807) is 4.88 Å². The fraction of sp³-hybridized carbons (Fsp3) is 0.765. The van der Waals surface area contributed by atoms with Crippen LogP contribution in [0, 0.1) is 17.8 Å². The van der Waals surface area contributed by atoms with Gasteiger partial charge in [0.25, 0.3) is 0 Å². The lowest BCUT2D eigenvalue weighted by atomic mass is 9.73. The third-order valence-corrected chi connectivity index (χ3v) is 6.21. The van der Waals surface area contributed by atoms with E-state index in [1.165, 1.54) is 38.5 Å². The Labute approximate surface area is 121 Å². The summed E-state index contributed by atoms with van der Waals surface area (Å²) in [6.07, 6.45) is 8.52. The second-order valence-electron chi connectivity index (χ2n) is 6.88. The Hall–Kier alpha value is -0.340. The molecule has 2 aliphatic carbocycles. The van der Waals surface area contributed by atoms with E-state index in [1.807, 2.05) is 11.3 Å². The van der Waals surface area contributed by atoms with Crippen molar-refractivity contribution >= 4 is 11.3 Å². The summed E-state index contributed by atoms with van der Waals surface area (Å²) in [7, 11) is 0. The van der Waals surface area contributed by atoms with Crippen LogP contribution in [0.1, 0.15) is 63.3 Å². The van der Waals surface area contributed by atoms with Crippen molar-refractivity contribution in [3.05, 3.63) is 22.4 Å². The normalized spacial score (nSPS) is 29.6. The highest BCUT2D eigenvalue weighted by atomic mass is 32.1. The molecule has 1 aromatic rings. The summed E-state index contributed by atoms with van der Waals surface area (Å²) < 4.78 is 0. The molecule has 2 fully saturated rings. The molecule has 2 heteroatoms. The molecule has 1 N–H and O–H groups in total. The quantitative estimate of drug-likeness (QED) is 0.798. The zero-order chi connectivity index (χ0) is 13.2. The lowest BCUT2D eigenvalue weighted by Crippen LogP contribution is -2.45. The molecule has 2 saturated carbocycles. The van der Waals surface area contributed by atoms with Crippen molar-refractivity contribution in [2.45, 2.75) is 64.5 Å². The first-order valence-corrected chi connectivity index (χ1v) is 8.91. The highest BCUT2D eigenvalue weighted by Gasteiger charge is 2.35. The summed E-state index contributed by atoms with van der Waals surface area (Å²) in [5.74, 6) is 2.71. The van der Waals surface area contributed by atoms with E-state index in [2.05, 4.69) is 36.7 Å². The Bertz CT molecular complexity index is 372. The third kappa shape index (κ3) is 3.05. The van der Waals surface area contributed by atoms with Crippen LogP contribution in [0.2, 0.25) is 0 Å². The molecule has 19 heavy (non-hydrogen) atoms. The minimum Gasteiger partial charge on any atom is -0.306 e. The van der Waals surface area contributed by atoms with Crippen molar-refractivity contribution in [1.82, 2.24) is 5.32 Å². The summed E-state index contributed by atoms with van der Waals surface area (Å²) in [6.45, 7) is 4.74. The van der Waals surface area contributed by atoms with Crippen LogP contribution in [0.25, 0.3) is 0 Å². The zero-order valence-corrected chi connectivity index (χ0v) is 13.1. The first kappa shape index (κ1) is 13.6. The molecule has 1 heterocycles. The molecule has 106 valence electrons. The van der Waals surface area contributed by atoms with E-state index in [-0.39, 0.29) is 0 Å². The molecule has 1 nitrogen and oxygen atoms in total. The fourth-order valence-electron chi connectivity index (χ4n) is 3.81. The highest BCUT2D eigenvalue weighted by Crippen LogP contribution is 2.41. The molecule has 2 aliphatic rings.